The second-order valence-electron chi connectivity index (χ2n) is 2.57. The summed E-state index contributed by atoms with van der Waals surface area (Å²) in [7, 11) is 0. The third-order valence-electron chi connectivity index (χ3n) is 1.36. The molecule has 3 heteroatoms. The van der Waals surface area contributed by atoms with Gasteiger partial charge < -0.3 is 5.73 Å². The molecule has 0 heterocycles. The Balaban J connectivity index is 3.04. The molecule has 0 aliphatic rings. The summed E-state index contributed by atoms with van der Waals surface area (Å²) in [5.41, 5.74) is 5.35. The van der Waals surface area contributed by atoms with E-state index in [9.17, 15) is 0 Å². The summed E-state index contributed by atoms with van der Waals surface area (Å²) >= 11 is 11.1. The van der Waals surface area contributed by atoms with Gasteiger partial charge in [0.25, 0.3) is 0 Å². The van der Waals surface area contributed by atoms with E-state index in [0.29, 0.717) is 6.42 Å². The van der Waals surface area contributed by atoms with Gasteiger partial charge in [0.15, 0.2) is 4.46 Å². The Bertz CT molecular complexity index is 78.2. The fourth-order valence-corrected chi connectivity index (χ4v) is 1.05. The Morgan fingerprint density at radius 2 is 1.80 bits per heavy atom. The SMILES string of the molecule is CCCCCCC(N)(Cl)Cl. The highest BCUT2D eigenvalue weighted by Gasteiger charge is 2.14. The molecule has 0 atom stereocenters. The highest BCUT2D eigenvalue weighted by Crippen LogP contribution is 2.21. The van der Waals surface area contributed by atoms with E-state index in [2.05, 4.69) is 6.92 Å². The van der Waals surface area contributed by atoms with E-state index >= 15 is 0 Å². The zero-order valence-electron chi connectivity index (χ0n) is 6.37. The number of hydrogen-bond acceptors (Lipinski definition) is 1. The maximum atomic E-state index is 5.56. The maximum Gasteiger partial charge on any atom is 0.166 e. The van der Waals surface area contributed by atoms with Gasteiger partial charge in [-0.3, -0.25) is 0 Å². The normalized spacial score (nSPS) is 12.0. The van der Waals surface area contributed by atoms with Crippen LogP contribution in [0.1, 0.15) is 39.0 Å². The van der Waals surface area contributed by atoms with Gasteiger partial charge in [-0.05, 0) is 12.8 Å². The van der Waals surface area contributed by atoms with E-state index in [4.69, 9.17) is 28.9 Å². The van der Waals surface area contributed by atoms with Gasteiger partial charge in [-0.2, -0.15) is 0 Å². The molecule has 2 N–H and O–H groups in total. The second-order valence-corrected chi connectivity index (χ2v) is 4.11. The summed E-state index contributed by atoms with van der Waals surface area (Å²) in [5.74, 6) is 0. The molecule has 0 bridgehead atoms. The number of alkyl halides is 2. The van der Waals surface area contributed by atoms with E-state index < -0.39 is 4.46 Å². The quantitative estimate of drug-likeness (QED) is 0.396. The van der Waals surface area contributed by atoms with Gasteiger partial charge in [-0.25, -0.2) is 0 Å². The fraction of sp³-hybridized carbons (Fsp3) is 1.00. The smallest absolute Gasteiger partial charge is 0.166 e. The second kappa shape index (κ2) is 5.22. The summed E-state index contributed by atoms with van der Waals surface area (Å²) in [6.45, 7) is 2.16. The average Bonchev–Trinajstić information content (AvgIpc) is 1.78. The summed E-state index contributed by atoms with van der Waals surface area (Å²) in [6, 6.07) is 0. The zero-order chi connectivity index (χ0) is 8.04. The van der Waals surface area contributed by atoms with Crippen molar-refractivity contribution in [1.29, 1.82) is 0 Å². The molecule has 0 spiro atoms. The standard InChI is InChI=1S/C7H15Cl2N/c1-2-3-4-5-6-7(8,9)10/h2-6,10H2,1H3. The molecule has 0 radical (unpaired) electrons. The Kier molecular flexibility index (Phi) is 5.51. The summed E-state index contributed by atoms with van der Waals surface area (Å²) in [4.78, 5) is 0. The number of halogens is 2. The van der Waals surface area contributed by atoms with Crippen molar-refractivity contribution in [1.82, 2.24) is 0 Å². The van der Waals surface area contributed by atoms with Crippen LogP contribution in [0.5, 0.6) is 0 Å². The van der Waals surface area contributed by atoms with Crippen molar-refractivity contribution < 1.29 is 0 Å². The lowest BCUT2D eigenvalue weighted by Gasteiger charge is -2.11. The van der Waals surface area contributed by atoms with Crippen molar-refractivity contribution in [2.45, 2.75) is 43.5 Å². The van der Waals surface area contributed by atoms with Crippen LogP contribution in [0.15, 0.2) is 0 Å². The van der Waals surface area contributed by atoms with Gasteiger partial charge in [0, 0.05) is 0 Å². The van der Waals surface area contributed by atoms with Crippen LogP contribution in [0.3, 0.4) is 0 Å². The lowest BCUT2D eigenvalue weighted by Crippen LogP contribution is -2.24. The van der Waals surface area contributed by atoms with Gasteiger partial charge >= 0.3 is 0 Å². The van der Waals surface area contributed by atoms with Crippen LogP contribution in [0, 0.1) is 0 Å². The van der Waals surface area contributed by atoms with Crippen LogP contribution in [-0.2, 0) is 0 Å². The molecule has 0 aromatic carbocycles. The van der Waals surface area contributed by atoms with Gasteiger partial charge in [0.1, 0.15) is 0 Å². The molecule has 0 fully saturated rings. The van der Waals surface area contributed by atoms with Crippen molar-refractivity contribution in [2.24, 2.45) is 5.73 Å². The van der Waals surface area contributed by atoms with E-state index in [0.717, 1.165) is 6.42 Å². The molecular formula is C7H15Cl2N. The van der Waals surface area contributed by atoms with Crippen LogP contribution < -0.4 is 5.73 Å². The molecule has 0 rings (SSSR count). The van der Waals surface area contributed by atoms with Crippen molar-refractivity contribution in [3.8, 4) is 0 Å². The van der Waals surface area contributed by atoms with Gasteiger partial charge in [-0.1, -0.05) is 49.4 Å². The van der Waals surface area contributed by atoms with E-state index in [1.54, 1.807) is 0 Å². The Labute approximate surface area is 72.9 Å². The number of nitrogens with two attached hydrogens (primary N) is 1. The van der Waals surface area contributed by atoms with Crippen LogP contribution >= 0.6 is 23.2 Å². The third kappa shape index (κ3) is 8.54. The predicted molar refractivity (Wildman–Crippen MR) is 47.4 cm³/mol. The number of rotatable bonds is 5. The molecule has 62 valence electrons. The lowest BCUT2D eigenvalue weighted by molar-refractivity contribution is 0.598. The highest BCUT2D eigenvalue weighted by molar-refractivity contribution is 6.47. The summed E-state index contributed by atoms with van der Waals surface area (Å²) in [6.07, 6.45) is 5.36. The van der Waals surface area contributed by atoms with Crippen LogP contribution in [0.2, 0.25) is 0 Å². The first-order valence-corrected chi connectivity index (χ1v) is 4.48. The van der Waals surface area contributed by atoms with Crippen molar-refractivity contribution in [3.63, 3.8) is 0 Å². The molecule has 0 aromatic heterocycles. The summed E-state index contributed by atoms with van der Waals surface area (Å²) in [5, 5.41) is 0. The molecule has 0 amide bonds. The summed E-state index contributed by atoms with van der Waals surface area (Å²) < 4.78 is -1.01. The first kappa shape index (κ1) is 10.5. The largest absolute Gasteiger partial charge is 0.300 e. The third-order valence-corrected chi connectivity index (χ3v) is 1.74. The van der Waals surface area contributed by atoms with Crippen molar-refractivity contribution in [3.05, 3.63) is 0 Å². The molecule has 0 saturated heterocycles. The molecule has 1 nitrogen and oxygen atoms in total. The highest BCUT2D eigenvalue weighted by atomic mass is 35.5. The van der Waals surface area contributed by atoms with Crippen molar-refractivity contribution in [2.75, 3.05) is 0 Å². The van der Waals surface area contributed by atoms with E-state index in [1.807, 2.05) is 0 Å². The maximum absolute atomic E-state index is 5.56. The fourth-order valence-electron chi connectivity index (χ4n) is 0.787. The lowest BCUT2D eigenvalue weighted by atomic mass is 10.1. The Hall–Kier alpha value is 0.540. The van der Waals surface area contributed by atoms with Crippen LogP contribution in [0.25, 0.3) is 0 Å². The predicted octanol–water partition coefficient (Wildman–Crippen LogP) is 3.05. The number of hydrogen-bond donors (Lipinski definition) is 1. The Morgan fingerprint density at radius 1 is 1.20 bits per heavy atom. The van der Waals surface area contributed by atoms with Gasteiger partial charge in [0.2, 0.25) is 0 Å². The minimum Gasteiger partial charge on any atom is -0.300 e. The van der Waals surface area contributed by atoms with Crippen molar-refractivity contribution >= 4 is 23.2 Å². The van der Waals surface area contributed by atoms with Crippen LogP contribution in [0.4, 0.5) is 0 Å². The number of unbranched alkanes of at least 4 members (excludes halogenated alkanes) is 3. The molecule has 0 saturated carbocycles. The minimum atomic E-state index is -1.01. The monoisotopic (exact) mass is 183 g/mol. The van der Waals surface area contributed by atoms with E-state index in [-0.39, 0.29) is 0 Å². The molecular weight excluding hydrogens is 169 g/mol. The van der Waals surface area contributed by atoms with E-state index in [1.165, 1.54) is 19.3 Å². The molecule has 0 aliphatic carbocycles. The molecule has 0 aliphatic heterocycles. The molecule has 0 aromatic rings. The van der Waals surface area contributed by atoms with Gasteiger partial charge in [0.05, 0.1) is 0 Å². The average molecular weight is 184 g/mol. The Morgan fingerprint density at radius 3 is 2.20 bits per heavy atom. The van der Waals surface area contributed by atoms with Gasteiger partial charge in [-0.15, -0.1) is 0 Å². The molecule has 0 unspecified atom stereocenters. The first-order valence-electron chi connectivity index (χ1n) is 3.73. The zero-order valence-corrected chi connectivity index (χ0v) is 7.88. The topological polar surface area (TPSA) is 26.0 Å². The van der Waals surface area contributed by atoms with Crippen LogP contribution in [-0.4, -0.2) is 4.46 Å². The first-order chi connectivity index (χ1) is 4.56. The minimum absolute atomic E-state index is 0.691. The molecule has 10 heavy (non-hydrogen) atoms.